The number of unbranched alkanes of at least 4 members (excludes halogenated alkanes) is 13. The Morgan fingerprint density at radius 3 is 1.74 bits per heavy atom. The van der Waals surface area contributed by atoms with E-state index in [0.29, 0.717) is 16.9 Å². The highest BCUT2D eigenvalue weighted by Crippen LogP contribution is 2.18. The number of fused-ring (bicyclic) bond motifs is 1. The number of benzene rings is 2. The minimum Gasteiger partial charge on any atom is -0.482 e. The first-order valence-electron chi connectivity index (χ1n) is 15.6. The van der Waals surface area contributed by atoms with Crippen LogP contribution in [0.4, 0.5) is 0 Å². The number of para-hydroxylation sites is 2. The Labute approximate surface area is 261 Å². The molecule has 1 aromatic heterocycles. The quantitative estimate of drug-likeness (QED) is 0.0717. The van der Waals surface area contributed by atoms with Gasteiger partial charge in [-0.25, -0.2) is 4.79 Å². The number of esters is 1. The second kappa shape index (κ2) is 20.1. The number of aromatic nitrogens is 2. The predicted molar refractivity (Wildman–Crippen MR) is 175 cm³/mol. The van der Waals surface area contributed by atoms with Crippen LogP contribution in [0.5, 0.6) is 5.75 Å². The first-order chi connectivity index (χ1) is 20.0. The molecule has 42 heavy (non-hydrogen) atoms. The number of carbonyl (C=O) groups is 2. The van der Waals surface area contributed by atoms with Crippen molar-refractivity contribution in [3.05, 3.63) is 59.7 Å². The van der Waals surface area contributed by atoms with Crippen molar-refractivity contribution in [2.45, 2.75) is 110 Å². The van der Waals surface area contributed by atoms with Gasteiger partial charge in [-0.15, -0.1) is 17.0 Å². The molecule has 0 saturated carbocycles. The van der Waals surface area contributed by atoms with E-state index in [4.69, 9.17) is 10.1 Å². The summed E-state index contributed by atoms with van der Waals surface area (Å²) >= 11 is 0. The fourth-order valence-electron chi connectivity index (χ4n) is 5.32. The lowest BCUT2D eigenvalue weighted by Crippen LogP contribution is -2.27. The summed E-state index contributed by atoms with van der Waals surface area (Å²) in [4.78, 5) is 24.4. The van der Waals surface area contributed by atoms with Crippen LogP contribution in [0.15, 0.2) is 48.5 Å². The molecule has 0 aliphatic heterocycles. The second-order valence-corrected chi connectivity index (χ2v) is 11.0. The van der Waals surface area contributed by atoms with Crippen molar-refractivity contribution < 1.29 is 19.1 Å². The van der Waals surface area contributed by atoms with Crippen molar-refractivity contribution >= 4 is 39.8 Å². The van der Waals surface area contributed by atoms with Crippen molar-refractivity contribution in [1.29, 1.82) is 5.41 Å². The number of halogens is 1. The maximum atomic E-state index is 13.1. The highest BCUT2D eigenvalue weighted by molar-refractivity contribution is 8.93. The fraction of sp³-hybridized carbons (Fsp3) is 0.559. The van der Waals surface area contributed by atoms with E-state index in [1.54, 1.807) is 28.8 Å². The van der Waals surface area contributed by atoms with Crippen molar-refractivity contribution in [2.75, 3.05) is 13.7 Å². The molecule has 1 heterocycles. The molecule has 0 atom stereocenters. The number of hydrogen-bond acceptors (Lipinski definition) is 5. The molecule has 0 saturated heterocycles. The average molecular weight is 645 g/mol. The number of methoxy groups -OCH3 is 1. The molecule has 8 heteroatoms. The molecule has 0 amide bonds. The number of ketones is 1. The van der Waals surface area contributed by atoms with Crippen molar-refractivity contribution in [2.24, 2.45) is 0 Å². The number of Topliss-reactive ketones (excluding diaryl/α,β-unsaturated/α-hetero) is 1. The van der Waals surface area contributed by atoms with E-state index in [2.05, 4.69) is 11.7 Å². The van der Waals surface area contributed by atoms with Gasteiger partial charge in [0.2, 0.25) is 5.62 Å². The van der Waals surface area contributed by atoms with Crippen LogP contribution in [-0.4, -0.2) is 34.6 Å². The summed E-state index contributed by atoms with van der Waals surface area (Å²) in [5.41, 5.74) is 2.78. The van der Waals surface area contributed by atoms with Crippen LogP contribution in [-0.2, 0) is 22.6 Å². The Balaban J connectivity index is 0.00000616. The number of aryl methyl sites for hydroxylation is 1. The summed E-state index contributed by atoms with van der Waals surface area (Å²) in [5.74, 6) is -0.0528. The van der Waals surface area contributed by atoms with Gasteiger partial charge in [-0.1, -0.05) is 103 Å². The van der Waals surface area contributed by atoms with Crippen LogP contribution < -0.4 is 10.4 Å². The van der Waals surface area contributed by atoms with Gasteiger partial charge in [0.15, 0.2) is 12.4 Å². The van der Waals surface area contributed by atoms with Crippen LogP contribution in [0.3, 0.4) is 0 Å². The van der Waals surface area contributed by atoms with Crippen LogP contribution in [0.1, 0.15) is 107 Å². The van der Waals surface area contributed by atoms with Crippen LogP contribution in [0.2, 0.25) is 0 Å². The molecule has 2 aromatic carbocycles. The Morgan fingerprint density at radius 1 is 0.714 bits per heavy atom. The first-order valence-corrected chi connectivity index (χ1v) is 15.6. The number of nitrogens with one attached hydrogen (secondary N) is 1. The molecule has 0 aliphatic carbocycles. The van der Waals surface area contributed by atoms with E-state index in [9.17, 15) is 9.59 Å². The maximum absolute atomic E-state index is 13.1. The third-order valence-electron chi connectivity index (χ3n) is 7.77. The average Bonchev–Trinajstić information content (AvgIpc) is 3.26. The van der Waals surface area contributed by atoms with Gasteiger partial charge in [0, 0.05) is 12.1 Å². The van der Waals surface area contributed by atoms with Crippen LogP contribution >= 0.6 is 17.0 Å². The van der Waals surface area contributed by atoms with Crippen LogP contribution in [0.25, 0.3) is 11.0 Å². The van der Waals surface area contributed by atoms with Crippen molar-refractivity contribution in [3.63, 3.8) is 0 Å². The largest absolute Gasteiger partial charge is 0.482 e. The Bertz CT molecular complexity index is 1270. The summed E-state index contributed by atoms with van der Waals surface area (Å²) in [6.45, 7) is 2.96. The van der Waals surface area contributed by atoms with Gasteiger partial charge in [-0.3, -0.25) is 10.2 Å². The fourth-order valence-corrected chi connectivity index (χ4v) is 5.32. The minimum atomic E-state index is -0.463. The maximum Gasteiger partial charge on any atom is 0.343 e. The summed E-state index contributed by atoms with van der Waals surface area (Å²) in [6.07, 6.45) is 18.5. The van der Waals surface area contributed by atoms with E-state index >= 15 is 0 Å². The highest BCUT2D eigenvalue weighted by atomic mass is 79.9. The lowest BCUT2D eigenvalue weighted by molar-refractivity contribution is -0.142. The molecular weight excluding hydrogens is 594 g/mol. The van der Waals surface area contributed by atoms with E-state index in [1.807, 2.05) is 28.8 Å². The van der Waals surface area contributed by atoms with E-state index < -0.39 is 5.97 Å². The standard InChI is InChI=1S/C34H49N3O4.BrH/c1-3-4-5-6-7-8-9-10-11-12-13-14-15-18-25-36-30-19-16-17-20-31(30)37(34(36)35)26-32(38)28-21-23-29(24-22-28)41-27-33(39)40-2;/h16-17,19-24,35H,3-15,18,25-27H2,1-2H3;1H. The first kappa shape index (κ1) is 35.3. The zero-order chi connectivity index (χ0) is 29.3. The van der Waals surface area contributed by atoms with Crippen molar-refractivity contribution in [1.82, 2.24) is 9.13 Å². The molecule has 3 rings (SSSR count). The van der Waals surface area contributed by atoms with Gasteiger partial charge in [0.05, 0.1) is 24.7 Å². The predicted octanol–water partition coefficient (Wildman–Crippen LogP) is 8.42. The zero-order valence-corrected chi connectivity index (χ0v) is 27.3. The van der Waals surface area contributed by atoms with Gasteiger partial charge < -0.3 is 18.6 Å². The molecular formula is C34H50BrN3O4. The summed E-state index contributed by atoms with van der Waals surface area (Å²) < 4.78 is 13.8. The SMILES string of the molecule is Br.CCCCCCCCCCCCCCCCn1c(=N)n(CC(=O)c2ccc(OCC(=O)OC)cc2)c2ccccc21. The molecule has 0 bridgehead atoms. The molecule has 232 valence electrons. The van der Waals surface area contributed by atoms with Gasteiger partial charge in [0.1, 0.15) is 5.75 Å². The van der Waals surface area contributed by atoms with Crippen molar-refractivity contribution in [3.8, 4) is 5.75 Å². The summed E-state index contributed by atoms with van der Waals surface area (Å²) in [7, 11) is 1.31. The third-order valence-corrected chi connectivity index (χ3v) is 7.77. The molecule has 3 aromatic rings. The number of ether oxygens (including phenoxy) is 2. The molecule has 0 aliphatic rings. The van der Waals surface area contributed by atoms with E-state index in [-0.39, 0.29) is 35.9 Å². The molecule has 0 fully saturated rings. The topological polar surface area (TPSA) is 86.3 Å². The van der Waals surface area contributed by atoms with Gasteiger partial charge in [0.25, 0.3) is 0 Å². The second-order valence-electron chi connectivity index (χ2n) is 11.0. The Morgan fingerprint density at radius 2 is 1.21 bits per heavy atom. The smallest absolute Gasteiger partial charge is 0.343 e. The summed E-state index contributed by atoms with van der Waals surface area (Å²) in [5, 5.41) is 8.86. The van der Waals surface area contributed by atoms with Gasteiger partial charge in [-0.2, -0.15) is 0 Å². The summed E-state index contributed by atoms with van der Waals surface area (Å²) in [6, 6.07) is 14.7. The molecule has 0 spiro atoms. The Hall–Kier alpha value is -2.87. The lowest BCUT2D eigenvalue weighted by atomic mass is 10.0. The van der Waals surface area contributed by atoms with Gasteiger partial charge >= 0.3 is 5.97 Å². The minimum absolute atomic E-state index is 0. The van der Waals surface area contributed by atoms with E-state index in [0.717, 1.165) is 30.4 Å². The molecule has 0 radical (unpaired) electrons. The molecule has 1 N–H and O–H groups in total. The normalized spacial score (nSPS) is 10.9. The number of carbonyl (C=O) groups excluding carboxylic acids is 2. The number of nitrogens with zero attached hydrogens (tertiary/aromatic N) is 2. The molecule has 0 unspecified atom stereocenters. The van der Waals surface area contributed by atoms with Crippen LogP contribution in [0, 0.1) is 5.41 Å². The van der Waals surface area contributed by atoms with E-state index in [1.165, 1.54) is 84.2 Å². The third kappa shape index (κ3) is 11.4. The number of hydrogen-bond donors (Lipinski definition) is 1. The highest BCUT2D eigenvalue weighted by Gasteiger charge is 2.15. The van der Waals surface area contributed by atoms with Gasteiger partial charge in [-0.05, 0) is 42.8 Å². The molecule has 7 nitrogen and oxygen atoms in total. The number of imidazole rings is 1. The lowest BCUT2D eigenvalue weighted by Gasteiger charge is -2.07. The number of rotatable bonds is 21. The Kier molecular flexibility index (Phi) is 16.9. The monoisotopic (exact) mass is 643 g/mol. The zero-order valence-electron chi connectivity index (χ0n) is 25.6.